The third-order valence-electron chi connectivity index (χ3n) is 3.18. The average Bonchev–Trinajstić information content (AvgIpc) is 2.49. The van der Waals surface area contributed by atoms with Crippen LogP contribution in [0.5, 0.6) is 5.75 Å². The second-order valence-corrected chi connectivity index (χ2v) is 4.96. The zero-order valence-electron chi connectivity index (χ0n) is 12.2. The van der Waals surface area contributed by atoms with Crippen LogP contribution in [0.15, 0.2) is 48.5 Å². The fourth-order valence-electron chi connectivity index (χ4n) is 2.20. The third-order valence-corrected chi connectivity index (χ3v) is 3.18. The first-order valence-electron chi connectivity index (χ1n) is 6.79. The minimum Gasteiger partial charge on any atom is -0.435 e. The van der Waals surface area contributed by atoms with Crippen LogP contribution in [0.25, 0.3) is 0 Å². The molecule has 0 bridgehead atoms. The second-order valence-electron chi connectivity index (χ2n) is 4.96. The van der Waals surface area contributed by atoms with Crippen molar-refractivity contribution in [3.8, 4) is 11.8 Å². The van der Waals surface area contributed by atoms with Crippen molar-refractivity contribution in [2.75, 3.05) is 7.05 Å². The largest absolute Gasteiger partial charge is 0.435 e. The van der Waals surface area contributed by atoms with Gasteiger partial charge in [0.1, 0.15) is 5.75 Å². The molecule has 0 aromatic heterocycles. The van der Waals surface area contributed by atoms with E-state index in [2.05, 4.69) is 15.7 Å². The molecule has 0 aliphatic heterocycles. The van der Waals surface area contributed by atoms with Crippen molar-refractivity contribution < 1.29 is 13.5 Å². The second kappa shape index (κ2) is 7.53. The van der Waals surface area contributed by atoms with E-state index in [0.717, 1.165) is 11.1 Å². The van der Waals surface area contributed by atoms with Crippen molar-refractivity contribution in [1.82, 2.24) is 4.90 Å². The molecule has 2 aromatic carbocycles. The summed E-state index contributed by atoms with van der Waals surface area (Å²) >= 11 is 0. The summed E-state index contributed by atoms with van der Waals surface area (Å²) in [6.07, 6.45) is 0. The van der Waals surface area contributed by atoms with Crippen LogP contribution in [0.4, 0.5) is 8.78 Å². The molecule has 114 valence electrons. The molecule has 0 N–H and O–H groups in total. The van der Waals surface area contributed by atoms with Gasteiger partial charge in [0.15, 0.2) is 0 Å². The summed E-state index contributed by atoms with van der Waals surface area (Å²) in [4.78, 5) is 2.05. The highest BCUT2D eigenvalue weighted by atomic mass is 19.3. The van der Waals surface area contributed by atoms with E-state index < -0.39 is 6.61 Å². The van der Waals surface area contributed by atoms with Gasteiger partial charge in [-0.2, -0.15) is 14.0 Å². The molecule has 0 aliphatic carbocycles. The van der Waals surface area contributed by atoms with Gasteiger partial charge < -0.3 is 4.74 Å². The Morgan fingerprint density at radius 1 is 1.09 bits per heavy atom. The number of alkyl halides is 2. The van der Waals surface area contributed by atoms with Gasteiger partial charge in [-0.15, -0.1) is 0 Å². The maximum absolute atomic E-state index is 12.1. The maximum atomic E-state index is 12.1. The molecular weight excluding hydrogens is 286 g/mol. The van der Waals surface area contributed by atoms with Crippen molar-refractivity contribution in [2.45, 2.75) is 19.7 Å². The zero-order chi connectivity index (χ0) is 15.9. The molecule has 0 fully saturated rings. The minimum absolute atomic E-state index is 0.149. The molecule has 0 heterocycles. The van der Waals surface area contributed by atoms with Gasteiger partial charge in [0.2, 0.25) is 0 Å². The molecule has 5 heteroatoms. The molecular formula is C17H16F2N2O. The van der Waals surface area contributed by atoms with Crippen molar-refractivity contribution in [3.05, 3.63) is 65.2 Å². The monoisotopic (exact) mass is 302 g/mol. The summed E-state index contributed by atoms with van der Waals surface area (Å²) in [6, 6.07) is 16.2. The molecule has 0 radical (unpaired) electrons. The summed E-state index contributed by atoms with van der Waals surface area (Å²) < 4.78 is 28.5. The maximum Gasteiger partial charge on any atom is 0.387 e. The zero-order valence-corrected chi connectivity index (χ0v) is 12.2. The van der Waals surface area contributed by atoms with Crippen LogP contribution in [0.1, 0.15) is 16.7 Å². The van der Waals surface area contributed by atoms with Gasteiger partial charge in [0, 0.05) is 13.1 Å². The Hall–Kier alpha value is -2.45. The minimum atomic E-state index is -2.81. The highest BCUT2D eigenvalue weighted by molar-refractivity contribution is 5.37. The van der Waals surface area contributed by atoms with Crippen molar-refractivity contribution in [3.63, 3.8) is 0 Å². The van der Waals surface area contributed by atoms with Crippen molar-refractivity contribution in [2.24, 2.45) is 0 Å². The van der Waals surface area contributed by atoms with Crippen LogP contribution in [0.2, 0.25) is 0 Å². The topological polar surface area (TPSA) is 36.3 Å². The lowest BCUT2D eigenvalue weighted by Crippen LogP contribution is -2.17. The molecule has 0 atom stereocenters. The number of halogens is 2. The molecule has 2 rings (SSSR count). The van der Waals surface area contributed by atoms with E-state index in [4.69, 9.17) is 5.26 Å². The highest BCUT2D eigenvalue weighted by Gasteiger charge is 2.07. The van der Waals surface area contributed by atoms with E-state index in [9.17, 15) is 8.78 Å². The Morgan fingerprint density at radius 3 is 2.41 bits per heavy atom. The molecule has 0 saturated carbocycles. The van der Waals surface area contributed by atoms with E-state index in [1.54, 1.807) is 18.2 Å². The Kier molecular flexibility index (Phi) is 5.45. The predicted molar refractivity (Wildman–Crippen MR) is 79.4 cm³/mol. The molecule has 2 aromatic rings. The lowest BCUT2D eigenvalue weighted by Gasteiger charge is -2.17. The molecule has 0 spiro atoms. The summed E-state index contributed by atoms with van der Waals surface area (Å²) in [6.45, 7) is -1.52. The predicted octanol–water partition coefficient (Wildman–Crippen LogP) is 3.79. The third kappa shape index (κ3) is 4.54. The van der Waals surface area contributed by atoms with E-state index in [1.165, 1.54) is 12.1 Å². The Bertz CT molecular complexity index is 650. The Morgan fingerprint density at radius 2 is 1.77 bits per heavy atom. The van der Waals surface area contributed by atoms with Crippen LogP contribution in [-0.4, -0.2) is 18.6 Å². The van der Waals surface area contributed by atoms with Gasteiger partial charge in [0.25, 0.3) is 0 Å². The number of hydrogen-bond donors (Lipinski definition) is 0. The van der Waals surface area contributed by atoms with Crippen molar-refractivity contribution in [1.29, 1.82) is 5.26 Å². The molecule has 22 heavy (non-hydrogen) atoms. The summed E-state index contributed by atoms with van der Waals surface area (Å²) in [5.41, 5.74) is 2.61. The van der Waals surface area contributed by atoms with E-state index >= 15 is 0 Å². The summed E-state index contributed by atoms with van der Waals surface area (Å²) in [5.74, 6) is 0.149. The van der Waals surface area contributed by atoms with E-state index in [-0.39, 0.29) is 5.75 Å². The van der Waals surface area contributed by atoms with Crippen LogP contribution < -0.4 is 4.74 Å². The normalized spacial score (nSPS) is 10.7. The highest BCUT2D eigenvalue weighted by Crippen LogP contribution is 2.17. The van der Waals surface area contributed by atoms with Gasteiger partial charge in [0.05, 0.1) is 11.6 Å². The van der Waals surface area contributed by atoms with Gasteiger partial charge in [-0.25, -0.2) is 0 Å². The quantitative estimate of drug-likeness (QED) is 0.814. The Labute approximate surface area is 128 Å². The number of nitriles is 1. The lowest BCUT2D eigenvalue weighted by molar-refractivity contribution is -0.0498. The van der Waals surface area contributed by atoms with Gasteiger partial charge >= 0.3 is 6.61 Å². The van der Waals surface area contributed by atoms with Gasteiger partial charge in [-0.3, -0.25) is 4.90 Å². The fraction of sp³-hybridized carbons (Fsp3) is 0.235. The molecule has 0 amide bonds. The molecule has 0 aliphatic rings. The van der Waals surface area contributed by atoms with Crippen LogP contribution >= 0.6 is 0 Å². The van der Waals surface area contributed by atoms with Gasteiger partial charge in [-0.05, 0) is 36.4 Å². The fourth-order valence-corrected chi connectivity index (χ4v) is 2.20. The summed E-state index contributed by atoms with van der Waals surface area (Å²) in [7, 11) is 1.94. The molecule has 0 unspecified atom stereocenters. The number of nitrogens with zero attached hydrogens (tertiary/aromatic N) is 2. The van der Waals surface area contributed by atoms with Crippen LogP contribution in [-0.2, 0) is 13.1 Å². The molecule has 3 nitrogen and oxygen atoms in total. The number of rotatable bonds is 6. The SMILES string of the molecule is CN(Cc1ccc(OC(F)F)cc1)Cc1ccccc1C#N. The smallest absolute Gasteiger partial charge is 0.387 e. The lowest BCUT2D eigenvalue weighted by atomic mass is 10.1. The summed E-state index contributed by atoms with van der Waals surface area (Å²) in [5, 5.41) is 9.08. The van der Waals surface area contributed by atoms with Crippen LogP contribution in [0, 0.1) is 11.3 Å². The standard InChI is InChI=1S/C17H16F2N2O/c1-21(12-15-5-3-2-4-14(15)10-20)11-13-6-8-16(9-7-13)22-17(18)19/h2-9,17H,11-12H2,1H3. The molecule has 0 saturated heterocycles. The first-order chi connectivity index (χ1) is 10.6. The van der Waals surface area contributed by atoms with Crippen molar-refractivity contribution >= 4 is 0 Å². The number of benzene rings is 2. The first-order valence-corrected chi connectivity index (χ1v) is 6.79. The van der Waals surface area contributed by atoms with Gasteiger partial charge in [-0.1, -0.05) is 30.3 Å². The van der Waals surface area contributed by atoms with E-state index in [0.29, 0.717) is 18.7 Å². The Balaban J connectivity index is 1.97. The average molecular weight is 302 g/mol. The first kappa shape index (κ1) is 15.9. The van der Waals surface area contributed by atoms with Crippen LogP contribution in [0.3, 0.4) is 0 Å². The van der Waals surface area contributed by atoms with E-state index in [1.807, 2.05) is 25.2 Å². The number of ether oxygens (including phenoxy) is 1. The number of hydrogen-bond acceptors (Lipinski definition) is 3.